The van der Waals surface area contributed by atoms with Crippen LogP contribution in [-0.4, -0.2) is 52.1 Å². The highest BCUT2D eigenvalue weighted by Crippen LogP contribution is 2.32. The number of imidazole rings is 1. The van der Waals surface area contributed by atoms with Gasteiger partial charge in [0.05, 0.1) is 36.7 Å². The average molecular weight is 617 g/mol. The molecule has 6 rings (SSSR count). The number of amides is 1. The maximum atomic E-state index is 14.4. The number of ether oxygens (including phenoxy) is 1. The maximum absolute atomic E-state index is 14.4. The molecule has 3 aromatic carbocycles. The van der Waals surface area contributed by atoms with E-state index in [1.54, 1.807) is 63.6 Å². The largest absolute Gasteiger partial charge is 0.633 e. The molecule has 0 radical (unpaired) electrons. The molecule has 1 aliphatic heterocycles. The van der Waals surface area contributed by atoms with Crippen LogP contribution >= 0.6 is 0 Å². The summed E-state index contributed by atoms with van der Waals surface area (Å²) in [6.07, 6.45) is 6.50. The molecule has 2 N–H and O–H groups in total. The normalized spacial score (nSPS) is 15.5. The van der Waals surface area contributed by atoms with Crippen LogP contribution in [0.25, 0.3) is 11.4 Å². The Kier molecular flexibility index (Phi) is 8.10. The summed E-state index contributed by atoms with van der Waals surface area (Å²) in [5.74, 6) is 1.43. The first-order valence-electron chi connectivity index (χ1n) is 15.2. The topological polar surface area (TPSA) is 115 Å². The van der Waals surface area contributed by atoms with E-state index in [0.29, 0.717) is 45.6 Å². The van der Waals surface area contributed by atoms with E-state index >= 15 is 0 Å². The van der Waals surface area contributed by atoms with Crippen molar-refractivity contribution in [1.29, 1.82) is 5.41 Å². The summed E-state index contributed by atoms with van der Waals surface area (Å²) in [4.78, 5) is 28.9. The molecule has 0 saturated heterocycles. The van der Waals surface area contributed by atoms with Crippen molar-refractivity contribution in [3.8, 4) is 22.9 Å². The van der Waals surface area contributed by atoms with Crippen molar-refractivity contribution in [2.24, 2.45) is 0 Å². The third kappa shape index (κ3) is 5.97. The van der Waals surface area contributed by atoms with E-state index in [0.717, 1.165) is 18.4 Å². The summed E-state index contributed by atoms with van der Waals surface area (Å²) in [5.41, 5.74) is 6.25. The monoisotopic (exact) mass is 616 g/mol. The summed E-state index contributed by atoms with van der Waals surface area (Å²) < 4.78 is 8.60. The number of carbonyl (C=O) groups is 1. The van der Waals surface area contributed by atoms with Gasteiger partial charge in [-0.15, -0.1) is 0 Å². The van der Waals surface area contributed by atoms with E-state index in [9.17, 15) is 14.8 Å². The Hall–Kier alpha value is -5.41. The van der Waals surface area contributed by atoms with Crippen LogP contribution in [0.15, 0.2) is 107 Å². The molecule has 4 aromatic rings. The number of nitrogens with one attached hydrogen (secondary N) is 2. The summed E-state index contributed by atoms with van der Waals surface area (Å²) >= 11 is 0. The van der Waals surface area contributed by atoms with Crippen molar-refractivity contribution >= 4 is 23.1 Å². The number of rotatable bonds is 9. The van der Waals surface area contributed by atoms with Gasteiger partial charge in [-0.2, -0.15) is 0 Å². The molecule has 46 heavy (non-hydrogen) atoms. The molecule has 0 spiro atoms. The summed E-state index contributed by atoms with van der Waals surface area (Å²) in [7, 11) is 3.30. The molecule has 10 heteroatoms. The van der Waals surface area contributed by atoms with Crippen LogP contribution in [-0.2, 0) is 4.79 Å². The average Bonchev–Trinajstić information content (AvgIpc) is 3.88. The zero-order chi connectivity index (χ0) is 32.6. The number of benzene rings is 3. The molecule has 1 aromatic heterocycles. The Labute approximate surface area is 267 Å². The molecule has 1 saturated carbocycles. The van der Waals surface area contributed by atoms with Crippen LogP contribution < -0.4 is 20.6 Å². The fourth-order valence-corrected chi connectivity index (χ4v) is 5.50. The molecular formula is C36H36N6O4. The highest BCUT2D eigenvalue weighted by Gasteiger charge is 2.34. The minimum Gasteiger partial charge on any atom is -0.633 e. The van der Waals surface area contributed by atoms with E-state index in [1.165, 1.54) is 20.1 Å². The predicted molar refractivity (Wildman–Crippen MR) is 180 cm³/mol. The lowest BCUT2D eigenvalue weighted by molar-refractivity contribution is -0.865. The number of hydrogen-bond acceptors (Lipinski definition) is 6. The highest BCUT2D eigenvalue weighted by molar-refractivity contribution is 6.13. The summed E-state index contributed by atoms with van der Waals surface area (Å²) in [6.45, 7) is 3.90. The van der Waals surface area contributed by atoms with Gasteiger partial charge < -0.3 is 24.8 Å². The van der Waals surface area contributed by atoms with Gasteiger partial charge >= 0.3 is 5.69 Å². The highest BCUT2D eigenvalue weighted by atomic mass is 16.5. The van der Waals surface area contributed by atoms with Gasteiger partial charge in [0, 0.05) is 43.4 Å². The van der Waals surface area contributed by atoms with Gasteiger partial charge in [0.25, 0.3) is 5.91 Å². The number of carbonyl (C=O) groups excluding carboxylic acids is 1. The molecule has 1 aliphatic carbocycles. The van der Waals surface area contributed by atoms with Crippen molar-refractivity contribution in [2.45, 2.75) is 32.7 Å². The van der Waals surface area contributed by atoms with Gasteiger partial charge in [0.15, 0.2) is 0 Å². The first-order valence-corrected chi connectivity index (χ1v) is 15.2. The van der Waals surface area contributed by atoms with Crippen molar-refractivity contribution in [3.63, 3.8) is 0 Å². The van der Waals surface area contributed by atoms with Crippen LogP contribution in [0.4, 0.5) is 11.5 Å². The fourth-order valence-electron chi connectivity index (χ4n) is 5.50. The number of hydrogen-bond donors (Lipinski definition) is 2. The van der Waals surface area contributed by atoms with Crippen LogP contribution in [0.3, 0.4) is 0 Å². The van der Waals surface area contributed by atoms with Crippen LogP contribution in [0.2, 0.25) is 0 Å². The Morgan fingerprint density at radius 1 is 1.09 bits per heavy atom. The Morgan fingerprint density at radius 2 is 1.78 bits per heavy atom. The lowest BCUT2D eigenvalue weighted by Gasteiger charge is -2.38. The van der Waals surface area contributed by atoms with E-state index in [2.05, 4.69) is 11.0 Å². The van der Waals surface area contributed by atoms with E-state index in [1.807, 2.05) is 49.4 Å². The summed E-state index contributed by atoms with van der Waals surface area (Å²) in [5, 5.41) is 24.8. The van der Waals surface area contributed by atoms with Crippen molar-refractivity contribution in [3.05, 3.63) is 129 Å². The molecule has 2 heterocycles. The second-order valence-corrected chi connectivity index (χ2v) is 11.9. The number of anilines is 2. The molecule has 10 nitrogen and oxygen atoms in total. The Balaban J connectivity index is 1.37. The third-order valence-electron chi connectivity index (χ3n) is 8.44. The minimum atomic E-state index is -0.385. The van der Waals surface area contributed by atoms with E-state index < -0.39 is 0 Å². The standard InChI is InChI=1S/C36H36N6O4/c1-24-12-13-27(39(3)32(43)11-8-22-42(4,45)28-16-17-28)23-31(24)41-35-34(33(37)25(2)20-21-38-35)40(36(41)44)26-14-18-30(19-15-26)46-29-9-6-5-7-10-29/h5-15,18-19,21,23,28,37-38H,16-17,22H2,1-4H3/b11-8+,37-33?. The number of para-hydroxylation sites is 1. The number of allylic oxidation sites excluding steroid dienone is 1. The molecule has 234 valence electrons. The molecule has 0 bridgehead atoms. The zero-order valence-corrected chi connectivity index (χ0v) is 26.3. The van der Waals surface area contributed by atoms with Crippen LogP contribution in [0, 0.1) is 17.5 Å². The van der Waals surface area contributed by atoms with Crippen LogP contribution in [0.1, 0.15) is 31.0 Å². The molecule has 1 atom stereocenters. The third-order valence-corrected chi connectivity index (χ3v) is 8.44. The molecular weight excluding hydrogens is 580 g/mol. The first-order chi connectivity index (χ1) is 22.0. The first kappa shape index (κ1) is 30.6. The number of likely N-dealkylation sites (N-methyl/N-ethyl adjacent to an activating group) is 2. The number of fused-ring (bicyclic) bond motifs is 1. The Bertz CT molecular complexity index is 1970. The minimum absolute atomic E-state index is 0.113. The molecule has 1 fully saturated rings. The zero-order valence-electron chi connectivity index (χ0n) is 26.3. The SMILES string of the molecule is CC1=C=CNc2c(n(-c3ccc(Oc4ccccc4)cc3)c(=O)n2-c2cc(N(C)C(=O)/C=C/C[N+](C)([O-])C3CC3)ccc2C)C1=N. The maximum Gasteiger partial charge on any atom is 0.339 e. The number of aryl methyl sites for hydroxylation is 1. The smallest absolute Gasteiger partial charge is 0.339 e. The van der Waals surface area contributed by atoms with Crippen LogP contribution in [0.5, 0.6) is 11.5 Å². The molecule has 1 amide bonds. The summed E-state index contributed by atoms with van der Waals surface area (Å²) in [6, 6.07) is 22.1. The lowest BCUT2D eigenvalue weighted by atomic mass is 10.1. The fraction of sp³-hybridized carbons (Fsp3) is 0.222. The number of hydroxylamine groups is 3. The number of nitrogens with zero attached hydrogens (tertiary/aromatic N) is 4. The number of quaternary nitrogens is 1. The van der Waals surface area contributed by atoms with Crippen molar-refractivity contribution in [2.75, 3.05) is 30.9 Å². The van der Waals surface area contributed by atoms with Gasteiger partial charge in [-0.25, -0.2) is 9.36 Å². The van der Waals surface area contributed by atoms with Gasteiger partial charge in [-0.3, -0.25) is 14.8 Å². The van der Waals surface area contributed by atoms with Gasteiger partial charge in [-0.1, -0.05) is 30.0 Å². The lowest BCUT2D eigenvalue weighted by Crippen LogP contribution is -2.40. The van der Waals surface area contributed by atoms with Crippen molar-refractivity contribution < 1.29 is 14.2 Å². The van der Waals surface area contributed by atoms with Gasteiger partial charge in [0.1, 0.15) is 23.0 Å². The van der Waals surface area contributed by atoms with E-state index in [-0.39, 0.29) is 34.5 Å². The Morgan fingerprint density at radius 3 is 2.48 bits per heavy atom. The number of aromatic nitrogens is 2. The molecule has 2 aliphatic rings. The second kappa shape index (κ2) is 12.2. The van der Waals surface area contributed by atoms with Gasteiger partial charge in [-0.05, 0) is 74.0 Å². The second-order valence-electron chi connectivity index (χ2n) is 11.9. The van der Waals surface area contributed by atoms with Crippen molar-refractivity contribution in [1.82, 2.24) is 9.13 Å². The van der Waals surface area contributed by atoms with Gasteiger partial charge in [0.2, 0.25) is 0 Å². The quantitative estimate of drug-likeness (QED) is 0.100. The molecule has 1 unspecified atom stereocenters. The predicted octanol–water partition coefficient (Wildman–Crippen LogP) is 6.21. The van der Waals surface area contributed by atoms with E-state index in [4.69, 9.17) is 10.1 Å².